The van der Waals surface area contributed by atoms with Crippen molar-refractivity contribution in [1.29, 1.82) is 0 Å². The number of hydrogen-bond donors (Lipinski definition) is 1. The van der Waals surface area contributed by atoms with E-state index in [1.807, 2.05) is 24.3 Å². The largest absolute Gasteiger partial charge is 0.494 e. The van der Waals surface area contributed by atoms with Crippen LogP contribution in [0.1, 0.15) is 25.0 Å². The van der Waals surface area contributed by atoms with Gasteiger partial charge in [-0.05, 0) is 24.6 Å². The zero-order chi connectivity index (χ0) is 11.1. The number of rotatable bonds is 6. The third-order valence-electron chi connectivity index (χ3n) is 2.12. The molecule has 1 aromatic carbocycles. The standard InChI is InChI=1S/C12H18O3/c1-10(13)11-4-6-12(7-5-11)15-9-3-8-14-2/h4-7,10,13H,3,8-9H2,1-2H3. The minimum absolute atomic E-state index is 0.424. The van der Waals surface area contributed by atoms with Gasteiger partial charge in [-0.25, -0.2) is 0 Å². The summed E-state index contributed by atoms with van der Waals surface area (Å²) in [7, 11) is 1.68. The van der Waals surface area contributed by atoms with Gasteiger partial charge in [0.1, 0.15) is 5.75 Å². The molecule has 0 aromatic heterocycles. The molecule has 1 atom stereocenters. The van der Waals surface area contributed by atoms with E-state index >= 15 is 0 Å². The Labute approximate surface area is 90.6 Å². The maximum Gasteiger partial charge on any atom is 0.119 e. The summed E-state index contributed by atoms with van der Waals surface area (Å²) in [6, 6.07) is 7.48. The fourth-order valence-electron chi connectivity index (χ4n) is 1.24. The summed E-state index contributed by atoms with van der Waals surface area (Å²) >= 11 is 0. The lowest BCUT2D eigenvalue weighted by molar-refractivity contribution is 0.172. The van der Waals surface area contributed by atoms with Crippen molar-refractivity contribution in [3.63, 3.8) is 0 Å². The molecule has 1 N–H and O–H groups in total. The molecule has 0 saturated heterocycles. The van der Waals surface area contributed by atoms with E-state index in [-0.39, 0.29) is 0 Å². The molecular formula is C12H18O3. The van der Waals surface area contributed by atoms with Gasteiger partial charge in [0.2, 0.25) is 0 Å². The first-order valence-corrected chi connectivity index (χ1v) is 5.14. The van der Waals surface area contributed by atoms with Crippen LogP contribution >= 0.6 is 0 Å². The molecule has 0 spiro atoms. The van der Waals surface area contributed by atoms with Gasteiger partial charge < -0.3 is 14.6 Å². The fourth-order valence-corrected chi connectivity index (χ4v) is 1.24. The maximum absolute atomic E-state index is 9.30. The minimum Gasteiger partial charge on any atom is -0.494 e. The molecule has 0 aliphatic carbocycles. The molecule has 15 heavy (non-hydrogen) atoms. The fraction of sp³-hybridized carbons (Fsp3) is 0.500. The van der Waals surface area contributed by atoms with Crippen LogP contribution in [0.2, 0.25) is 0 Å². The predicted molar refractivity (Wildman–Crippen MR) is 59.1 cm³/mol. The molecule has 84 valence electrons. The van der Waals surface area contributed by atoms with E-state index in [1.165, 1.54) is 0 Å². The van der Waals surface area contributed by atoms with Crippen molar-refractivity contribution in [1.82, 2.24) is 0 Å². The third-order valence-corrected chi connectivity index (χ3v) is 2.12. The number of ether oxygens (including phenoxy) is 2. The van der Waals surface area contributed by atoms with E-state index in [1.54, 1.807) is 14.0 Å². The number of aliphatic hydroxyl groups excluding tert-OH is 1. The van der Waals surface area contributed by atoms with Gasteiger partial charge in [0, 0.05) is 20.1 Å². The Morgan fingerprint density at radius 1 is 1.20 bits per heavy atom. The van der Waals surface area contributed by atoms with Crippen LogP contribution in [-0.4, -0.2) is 25.4 Å². The summed E-state index contributed by atoms with van der Waals surface area (Å²) in [5.41, 5.74) is 0.902. The highest BCUT2D eigenvalue weighted by Gasteiger charge is 2.00. The summed E-state index contributed by atoms with van der Waals surface area (Å²) < 4.78 is 10.4. The van der Waals surface area contributed by atoms with E-state index in [2.05, 4.69) is 0 Å². The Bertz CT molecular complexity index is 267. The second kappa shape index (κ2) is 6.43. The van der Waals surface area contributed by atoms with Crippen molar-refractivity contribution < 1.29 is 14.6 Å². The topological polar surface area (TPSA) is 38.7 Å². The van der Waals surface area contributed by atoms with Crippen LogP contribution in [0.4, 0.5) is 0 Å². The minimum atomic E-state index is -0.424. The van der Waals surface area contributed by atoms with Crippen LogP contribution in [-0.2, 0) is 4.74 Å². The van der Waals surface area contributed by atoms with Gasteiger partial charge in [0.25, 0.3) is 0 Å². The average molecular weight is 210 g/mol. The normalized spacial score (nSPS) is 12.5. The van der Waals surface area contributed by atoms with E-state index in [0.717, 1.165) is 17.7 Å². The van der Waals surface area contributed by atoms with Gasteiger partial charge in [-0.15, -0.1) is 0 Å². The first-order chi connectivity index (χ1) is 7.24. The molecule has 1 aromatic rings. The Morgan fingerprint density at radius 3 is 2.40 bits per heavy atom. The van der Waals surface area contributed by atoms with Crippen molar-refractivity contribution in [2.75, 3.05) is 20.3 Å². The summed E-state index contributed by atoms with van der Waals surface area (Å²) in [5, 5.41) is 9.30. The summed E-state index contributed by atoms with van der Waals surface area (Å²) in [4.78, 5) is 0. The molecule has 0 aliphatic heterocycles. The van der Waals surface area contributed by atoms with Crippen molar-refractivity contribution in [3.8, 4) is 5.75 Å². The highest BCUT2D eigenvalue weighted by atomic mass is 16.5. The smallest absolute Gasteiger partial charge is 0.119 e. The lowest BCUT2D eigenvalue weighted by Gasteiger charge is -2.08. The average Bonchev–Trinajstić information content (AvgIpc) is 2.25. The molecule has 3 heteroatoms. The molecule has 0 fully saturated rings. The molecule has 0 heterocycles. The van der Waals surface area contributed by atoms with Gasteiger partial charge in [0.15, 0.2) is 0 Å². The number of aliphatic hydroxyl groups is 1. The highest BCUT2D eigenvalue weighted by molar-refractivity contribution is 5.28. The van der Waals surface area contributed by atoms with Crippen molar-refractivity contribution in [2.24, 2.45) is 0 Å². The molecule has 0 amide bonds. The van der Waals surface area contributed by atoms with Crippen molar-refractivity contribution >= 4 is 0 Å². The van der Waals surface area contributed by atoms with Crippen molar-refractivity contribution in [2.45, 2.75) is 19.4 Å². The molecule has 1 rings (SSSR count). The molecule has 0 aliphatic rings. The van der Waals surface area contributed by atoms with E-state index in [9.17, 15) is 5.11 Å². The Kier molecular flexibility index (Phi) is 5.15. The Hall–Kier alpha value is -1.06. The second-order valence-electron chi connectivity index (χ2n) is 3.44. The molecule has 3 nitrogen and oxygen atoms in total. The number of benzene rings is 1. The van der Waals surface area contributed by atoms with Gasteiger partial charge >= 0.3 is 0 Å². The van der Waals surface area contributed by atoms with Gasteiger partial charge in [0.05, 0.1) is 12.7 Å². The van der Waals surface area contributed by atoms with Gasteiger partial charge in [-0.1, -0.05) is 12.1 Å². The number of hydrogen-bond acceptors (Lipinski definition) is 3. The van der Waals surface area contributed by atoms with Crippen LogP contribution in [0.15, 0.2) is 24.3 Å². The van der Waals surface area contributed by atoms with Crippen molar-refractivity contribution in [3.05, 3.63) is 29.8 Å². The first-order valence-electron chi connectivity index (χ1n) is 5.14. The molecule has 0 radical (unpaired) electrons. The zero-order valence-corrected chi connectivity index (χ0v) is 9.27. The van der Waals surface area contributed by atoms with Gasteiger partial charge in [-0.3, -0.25) is 0 Å². The molecule has 1 unspecified atom stereocenters. The second-order valence-corrected chi connectivity index (χ2v) is 3.44. The van der Waals surface area contributed by atoms with E-state index < -0.39 is 6.10 Å². The number of methoxy groups -OCH3 is 1. The zero-order valence-electron chi connectivity index (χ0n) is 9.27. The Balaban J connectivity index is 2.36. The van der Waals surface area contributed by atoms with E-state index in [0.29, 0.717) is 13.2 Å². The maximum atomic E-state index is 9.30. The SMILES string of the molecule is COCCCOc1ccc(C(C)O)cc1. The lowest BCUT2D eigenvalue weighted by atomic mass is 10.1. The summed E-state index contributed by atoms with van der Waals surface area (Å²) in [5.74, 6) is 0.829. The monoisotopic (exact) mass is 210 g/mol. The first kappa shape index (κ1) is 12.0. The summed E-state index contributed by atoms with van der Waals surface area (Å²) in [6.45, 7) is 3.11. The van der Waals surface area contributed by atoms with Crippen LogP contribution in [0.25, 0.3) is 0 Å². The molecule has 0 bridgehead atoms. The molecular weight excluding hydrogens is 192 g/mol. The van der Waals surface area contributed by atoms with Gasteiger partial charge in [-0.2, -0.15) is 0 Å². The van der Waals surface area contributed by atoms with Crippen LogP contribution in [0.5, 0.6) is 5.75 Å². The highest BCUT2D eigenvalue weighted by Crippen LogP contribution is 2.17. The van der Waals surface area contributed by atoms with Crippen LogP contribution in [0, 0.1) is 0 Å². The predicted octanol–water partition coefficient (Wildman–Crippen LogP) is 2.16. The quantitative estimate of drug-likeness (QED) is 0.731. The van der Waals surface area contributed by atoms with E-state index in [4.69, 9.17) is 9.47 Å². The Morgan fingerprint density at radius 2 is 1.87 bits per heavy atom. The summed E-state index contributed by atoms with van der Waals surface area (Å²) in [6.07, 6.45) is 0.460. The lowest BCUT2D eigenvalue weighted by Crippen LogP contribution is -2.01. The molecule has 0 saturated carbocycles. The van der Waals surface area contributed by atoms with Crippen LogP contribution in [0.3, 0.4) is 0 Å². The van der Waals surface area contributed by atoms with Crippen LogP contribution < -0.4 is 4.74 Å². The third kappa shape index (κ3) is 4.32.